The Labute approximate surface area is 118 Å². The van der Waals surface area contributed by atoms with Gasteiger partial charge in [-0.15, -0.1) is 0 Å². The van der Waals surface area contributed by atoms with Gasteiger partial charge in [0.2, 0.25) is 0 Å². The van der Waals surface area contributed by atoms with Crippen LogP contribution in [0.1, 0.15) is 63.1 Å². The van der Waals surface area contributed by atoms with Crippen LogP contribution in [-0.4, -0.2) is 9.97 Å². The summed E-state index contributed by atoms with van der Waals surface area (Å²) in [5.74, 6) is 0.649. The maximum Gasteiger partial charge on any atom is 0.0150 e. The fourth-order valence-corrected chi connectivity index (χ4v) is 1.86. The van der Waals surface area contributed by atoms with Crippen LogP contribution in [0.2, 0.25) is 0 Å². The number of aromatic nitrogens is 2. The van der Waals surface area contributed by atoms with E-state index in [2.05, 4.69) is 62.9 Å². The normalized spacial score (nSPS) is 9.47. The maximum atomic E-state index is 3.15. The molecule has 0 atom stereocenters. The zero-order chi connectivity index (χ0) is 14.8. The highest BCUT2D eigenvalue weighted by Crippen LogP contribution is 2.16. The maximum absolute atomic E-state index is 3.15. The fourth-order valence-electron chi connectivity index (χ4n) is 1.86. The van der Waals surface area contributed by atoms with Crippen molar-refractivity contribution in [3.63, 3.8) is 0 Å². The van der Waals surface area contributed by atoms with Crippen molar-refractivity contribution in [1.29, 1.82) is 0 Å². The number of hydrogen-bond acceptors (Lipinski definition) is 0. The van der Waals surface area contributed by atoms with E-state index in [0.29, 0.717) is 5.92 Å². The van der Waals surface area contributed by atoms with Gasteiger partial charge in [0.05, 0.1) is 0 Å². The van der Waals surface area contributed by atoms with Crippen LogP contribution in [0.5, 0.6) is 0 Å². The lowest BCUT2D eigenvalue weighted by Gasteiger charge is -2.01. The lowest BCUT2D eigenvalue weighted by molar-refractivity contribution is 0.857. The van der Waals surface area contributed by atoms with E-state index in [4.69, 9.17) is 0 Å². The Balaban J connectivity index is 0.000000303. The van der Waals surface area contributed by atoms with Crippen molar-refractivity contribution in [2.45, 2.75) is 60.8 Å². The topological polar surface area (TPSA) is 31.6 Å². The molecule has 0 aliphatic heterocycles. The van der Waals surface area contributed by atoms with Gasteiger partial charge < -0.3 is 9.97 Å². The van der Waals surface area contributed by atoms with Gasteiger partial charge in [-0.25, -0.2) is 0 Å². The molecule has 0 unspecified atom stereocenters. The highest BCUT2D eigenvalue weighted by Gasteiger charge is 2.01. The lowest BCUT2D eigenvalue weighted by atomic mass is 10.1. The molecule has 0 saturated heterocycles. The second kappa shape index (κ2) is 9.48. The quantitative estimate of drug-likeness (QED) is 0.730. The van der Waals surface area contributed by atoms with Crippen molar-refractivity contribution < 1.29 is 0 Å². The van der Waals surface area contributed by atoms with Gasteiger partial charge in [-0.2, -0.15) is 0 Å². The van der Waals surface area contributed by atoms with Crippen molar-refractivity contribution in [1.82, 2.24) is 9.97 Å². The SMILES string of the molecule is CC.CCc1c[nH]c(C)c1.Cc1[nH]ccc1C(C)C. The minimum atomic E-state index is 0.649. The predicted octanol–water partition coefficient (Wildman–Crippen LogP) is 5.36. The van der Waals surface area contributed by atoms with E-state index < -0.39 is 0 Å². The molecule has 0 saturated carbocycles. The molecule has 19 heavy (non-hydrogen) atoms. The monoisotopic (exact) mass is 262 g/mol. The number of aromatic amines is 2. The minimum absolute atomic E-state index is 0.649. The Morgan fingerprint density at radius 1 is 1.11 bits per heavy atom. The number of H-pyrrole nitrogens is 2. The Morgan fingerprint density at radius 2 is 1.74 bits per heavy atom. The molecule has 0 bridgehead atoms. The molecular weight excluding hydrogens is 232 g/mol. The lowest BCUT2D eigenvalue weighted by Crippen LogP contribution is -1.86. The Morgan fingerprint density at radius 3 is 1.95 bits per heavy atom. The first-order valence-corrected chi connectivity index (χ1v) is 7.32. The van der Waals surface area contributed by atoms with Gasteiger partial charge in [0.15, 0.2) is 0 Å². The molecule has 2 heteroatoms. The van der Waals surface area contributed by atoms with Gasteiger partial charge in [-0.1, -0.05) is 34.6 Å². The molecule has 108 valence electrons. The minimum Gasteiger partial charge on any atom is -0.365 e. The fraction of sp³-hybridized carbons (Fsp3) is 0.529. The van der Waals surface area contributed by atoms with E-state index in [0.717, 1.165) is 6.42 Å². The van der Waals surface area contributed by atoms with Gasteiger partial charge in [-0.05, 0) is 49.4 Å². The summed E-state index contributed by atoms with van der Waals surface area (Å²) in [6.07, 6.45) is 5.17. The van der Waals surface area contributed by atoms with E-state index in [1.165, 1.54) is 22.5 Å². The number of nitrogens with one attached hydrogen (secondary N) is 2. The summed E-state index contributed by atoms with van der Waals surface area (Å²) in [5, 5.41) is 0. The molecule has 0 amide bonds. The van der Waals surface area contributed by atoms with Crippen LogP contribution in [0, 0.1) is 13.8 Å². The second-order valence-corrected chi connectivity index (χ2v) is 4.76. The first kappa shape index (κ1) is 17.6. The van der Waals surface area contributed by atoms with Crippen molar-refractivity contribution >= 4 is 0 Å². The summed E-state index contributed by atoms with van der Waals surface area (Å²) in [5.41, 5.74) is 5.37. The van der Waals surface area contributed by atoms with Crippen molar-refractivity contribution in [2.75, 3.05) is 0 Å². The van der Waals surface area contributed by atoms with Crippen LogP contribution >= 0.6 is 0 Å². The smallest absolute Gasteiger partial charge is 0.0150 e. The molecular formula is C17H30N2. The number of aryl methyl sites for hydroxylation is 3. The van der Waals surface area contributed by atoms with Gasteiger partial charge in [0.25, 0.3) is 0 Å². The molecule has 0 fully saturated rings. The summed E-state index contributed by atoms with van der Waals surface area (Å²) in [4.78, 5) is 6.27. The Bertz CT molecular complexity index is 436. The van der Waals surface area contributed by atoms with Crippen LogP contribution in [0.4, 0.5) is 0 Å². The van der Waals surface area contributed by atoms with Crippen molar-refractivity contribution in [3.05, 3.63) is 47.0 Å². The number of hydrogen-bond donors (Lipinski definition) is 2. The van der Waals surface area contributed by atoms with Crippen LogP contribution < -0.4 is 0 Å². The molecule has 2 rings (SSSR count). The summed E-state index contributed by atoms with van der Waals surface area (Å²) in [7, 11) is 0. The van der Waals surface area contributed by atoms with Gasteiger partial charge in [0, 0.05) is 23.8 Å². The molecule has 0 aliphatic carbocycles. The summed E-state index contributed by atoms with van der Waals surface area (Å²) < 4.78 is 0. The molecule has 0 spiro atoms. The highest BCUT2D eigenvalue weighted by atomic mass is 14.7. The zero-order valence-electron chi connectivity index (χ0n) is 13.6. The molecule has 0 aromatic carbocycles. The summed E-state index contributed by atoms with van der Waals surface area (Å²) in [6.45, 7) is 14.7. The third-order valence-electron chi connectivity index (χ3n) is 2.91. The van der Waals surface area contributed by atoms with Gasteiger partial charge >= 0.3 is 0 Å². The van der Waals surface area contributed by atoms with Crippen LogP contribution in [0.3, 0.4) is 0 Å². The van der Waals surface area contributed by atoms with Crippen molar-refractivity contribution in [2.24, 2.45) is 0 Å². The molecule has 2 aromatic heterocycles. The van der Waals surface area contributed by atoms with Gasteiger partial charge in [0.1, 0.15) is 0 Å². The van der Waals surface area contributed by atoms with E-state index >= 15 is 0 Å². The molecule has 0 radical (unpaired) electrons. The second-order valence-electron chi connectivity index (χ2n) is 4.76. The first-order valence-electron chi connectivity index (χ1n) is 7.32. The summed E-state index contributed by atoms with van der Waals surface area (Å²) in [6, 6.07) is 4.31. The first-order chi connectivity index (χ1) is 9.04. The van der Waals surface area contributed by atoms with E-state index in [1.54, 1.807) is 0 Å². The van der Waals surface area contributed by atoms with Crippen molar-refractivity contribution in [3.8, 4) is 0 Å². The highest BCUT2D eigenvalue weighted by molar-refractivity contribution is 5.22. The average Bonchev–Trinajstić information content (AvgIpc) is 3.01. The van der Waals surface area contributed by atoms with E-state index in [-0.39, 0.29) is 0 Å². The average molecular weight is 262 g/mol. The summed E-state index contributed by atoms with van der Waals surface area (Å²) >= 11 is 0. The van der Waals surface area contributed by atoms with Crippen LogP contribution in [0.25, 0.3) is 0 Å². The standard InChI is InChI=1S/C8H13N.C7H11N.C2H6/c1-6(2)8-4-5-9-7(8)3;1-3-7-4-6(2)8-5-7;1-2/h4-6,9H,1-3H3;4-5,8H,3H2,1-2H3;1-2H3. The molecule has 2 nitrogen and oxygen atoms in total. The number of rotatable bonds is 2. The van der Waals surface area contributed by atoms with Crippen LogP contribution in [0.15, 0.2) is 24.5 Å². The predicted molar refractivity (Wildman–Crippen MR) is 85.9 cm³/mol. The molecule has 2 heterocycles. The molecule has 0 aliphatic rings. The largest absolute Gasteiger partial charge is 0.365 e. The third-order valence-corrected chi connectivity index (χ3v) is 2.91. The van der Waals surface area contributed by atoms with Crippen LogP contribution in [-0.2, 0) is 6.42 Å². The Kier molecular flexibility index (Phi) is 8.77. The third kappa shape index (κ3) is 6.32. The van der Waals surface area contributed by atoms with Gasteiger partial charge in [-0.3, -0.25) is 0 Å². The van der Waals surface area contributed by atoms with E-state index in [9.17, 15) is 0 Å². The molecule has 2 N–H and O–H groups in total. The van der Waals surface area contributed by atoms with E-state index in [1.807, 2.05) is 20.0 Å². The zero-order valence-corrected chi connectivity index (χ0v) is 13.6. The molecule has 2 aromatic rings. The Hall–Kier alpha value is -1.44.